The van der Waals surface area contributed by atoms with Crippen molar-refractivity contribution < 1.29 is 9.21 Å². The summed E-state index contributed by atoms with van der Waals surface area (Å²) < 4.78 is 5.65. The highest BCUT2D eigenvalue weighted by molar-refractivity contribution is 7.99. The molecule has 3 rings (SSSR count). The molecule has 2 N–H and O–H groups in total. The van der Waals surface area contributed by atoms with Gasteiger partial charge >= 0.3 is 6.03 Å². The van der Waals surface area contributed by atoms with Gasteiger partial charge < -0.3 is 9.73 Å². The summed E-state index contributed by atoms with van der Waals surface area (Å²) >= 11 is 7.35. The maximum Gasteiger partial charge on any atom is 0.339 e. The molecule has 0 atom stereocenters. The fourth-order valence-corrected chi connectivity index (χ4v) is 3.00. The van der Waals surface area contributed by atoms with Crippen molar-refractivity contribution in [2.75, 3.05) is 5.32 Å². The first-order chi connectivity index (χ1) is 12.6. The maximum absolute atomic E-state index is 11.8. The van der Waals surface area contributed by atoms with Crippen molar-refractivity contribution in [2.45, 2.75) is 16.9 Å². The Bertz CT molecular complexity index is 923. The van der Waals surface area contributed by atoms with E-state index in [1.54, 1.807) is 6.07 Å². The number of aryl methyl sites for hydroxylation is 1. The molecule has 26 heavy (non-hydrogen) atoms. The quantitative estimate of drug-likeness (QED) is 0.447. The standard InChI is InChI=1S/C19H16ClN3O2S/c1-13-4-2-3-5-17(13)22-19(24)23-21-12-15-8-11-18(25-15)26-16-9-6-14(20)7-10-16/h2-12H,1H3,(H2,22,23,24)/b21-12+. The van der Waals surface area contributed by atoms with Crippen LogP contribution in [-0.4, -0.2) is 12.2 Å². The summed E-state index contributed by atoms with van der Waals surface area (Å²) in [6.07, 6.45) is 1.45. The lowest BCUT2D eigenvalue weighted by molar-refractivity contribution is 0.252. The summed E-state index contributed by atoms with van der Waals surface area (Å²) in [4.78, 5) is 12.9. The minimum Gasteiger partial charge on any atom is -0.448 e. The largest absolute Gasteiger partial charge is 0.448 e. The van der Waals surface area contributed by atoms with Gasteiger partial charge in [0.2, 0.25) is 0 Å². The summed E-state index contributed by atoms with van der Waals surface area (Å²) in [5.41, 5.74) is 4.12. The van der Waals surface area contributed by atoms with Gasteiger partial charge in [-0.1, -0.05) is 41.6 Å². The first-order valence-electron chi connectivity index (χ1n) is 7.79. The Morgan fingerprint density at radius 3 is 2.65 bits per heavy atom. The number of carbonyl (C=O) groups is 1. The number of anilines is 1. The van der Waals surface area contributed by atoms with E-state index in [1.165, 1.54) is 18.0 Å². The lowest BCUT2D eigenvalue weighted by Gasteiger charge is -2.06. The molecule has 2 aromatic carbocycles. The average molecular weight is 386 g/mol. The number of halogens is 1. The second-order valence-electron chi connectivity index (χ2n) is 5.35. The number of urea groups is 1. The number of nitrogens with one attached hydrogen (secondary N) is 2. The van der Waals surface area contributed by atoms with Gasteiger partial charge in [0.1, 0.15) is 5.76 Å². The van der Waals surface area contributed by atoms with Crippen molar-refractivity contribution in [3.05, 3.63) is 77.0 Å². The van der Waals surface area contributed by atoms with Gasteiger partial charge in [0, 0.05) is 15.6 Å². The van der Waals surface area contributed by atoms with Gasteiger partial charge in [0.25, 0.3) is 0 Å². The molecule has 0 fully saturated rings. The van der Waals surface area contributed by atoms with Crippen LogP contribution in [0.5, 0.6) is 0 Å². The van der Waals surface area contributed by atoms with Crippen LogP contribution < -0.4 is 10.7 Å². The van der Waals surface area contributed by atoms with Crippen LogP contribution in [0, 0.1) is 6.92 Å². The van der Waals surface area contributed by atoms with Crippen LogP contribution in [0.3, 0.4) is 0 Å². The van der Waals surface area contributed by atoms with E-state index in [0.717, 1.165) is 21.2 Å². The van der Waals surface area contributed by atoms with Crippen LogP contribution in [0.25, 0.3) is 0 Å². The number of benzene rings is 2. The van der Waals surface area contributed by atoms with Crippen molar-refractivity contribution in [1.82, 2.24) is 5.43 Å². The predicted molar refractivity (Wildman–Crippen MR) is 105 cm³/mol. The molecule has 0 aliphatic heterocycles. The summed E-state index contributed by atoms with van der Waals surface area (Å²) in [6, 6.07) is 18.2. The summed E-state index contributed by atoms with van der Waals surface area (Å²) in [5.74, 6) is 0.539. The number of hydrazone groups is 1. The highest BCUT2D eigenvalue weighted by atomic mass is 35.5. The van der Waals surface area contributed by atoms with Crippen molar-refractivity contribution in [3.8, 4) is 0 Å². The average Bonchev–Trinajstić information content (AvgIpc) is 3.06. The zero-order valence-electron chi connectivity index (χ0n) is 13.9. The van der Waals surface area contributed by atoms with Gasteiger partial charge in [0.05, 0.1) is 6.21 Å². The van der Waals surface area contributed by atoms with Crippen molar-refractivity contribution in [3.63, 3.8) is 0 Å². The highest BCUT2D eigenvalue weighted by Gasteiger charge is 2.04. The number of hydrogen-bond donors (Lipinski definition) is 2. The van der Waals surface area contributed by atoms with Crippen molar-refractivity contribution in [1.29, 1.82) is 0 Å². The van der Waals surface area contributed by atoms with Crippen LogP contribution in [0.4, 0.5) is 10.5 Å². The lowest BCUT2D eigenvalue weighted by Crippen LogP contribution is -2.24. The van der Waals surface area contributed by atoms with Crippen LogP contribution in [0.1, 0.15) is 11.3 Å². The second kappa shape index (κ2) is 8.60. The fourth-order valence-electron chi connectivity index (χ4n) is 2.10. The molecule has 1 heterocycles. The molecular weight excluding hydrogens is 370 g/mol. The first-order valence-corrected chi connectivity index (χ1v) is 8.98. The Hall–Kier alpha value is -2.70. The van der Waals surface area contributed by atoms with Crippen LogP contribution >= 0.6 is 23.4 Å². The Labute approximate surface area is 160 Å². The van der Waals surface area contributed by atoms with Gasteiger partial charge in [0.15, 0.2) is 5.09 Å². The van der Waals surface area contributed by atoms with E-state index in [2.05, 4.69) is 15.8 Å². The summed E-state index contributed by atoms with van der Waals surface area (Å²) in [6.45, 7) is 1.92. The molecule has 7 heteroatoms. The van der Waals surface area contributed by atoms with Crippen LogP contribution in [0.2, 0.25) is 5.02 Å². The molecule has 0 aliphatic carbocycles. The van der Waals surface area contributed by atoms with Crippen LogP contribution in [0.15, 0.2) is 80.2 Å². The Balaban J connectivity index is 1.52. The van der Waals surface area contributed by atoms with E-state index in [9.17, 15) is 4.79 Å². The Morgan fingerprint density at radius 2 is 1.88 bits per heavy atom. The highest BCUT2D eigenvalue weighted by Crippen LogP contribution is 2.29. The molecule has 0 saturated carbocycles. The summed E-state index contributed by atoms with van der Waals surface area (Å²) in [7, 11) is 0. The smallest absolute Gasteiger partial charge is 0.339 e. The lowest BCUT2D eigenvalue weighted by atomic mass is 10.2. The third-order valence-corrected chi connectivity index (χ3v) is 4.57. The molecule has 5 nitrogen and oxygen atoms in total. The van der Waals surface area contributed by atoms with E-state index in [0.29, 0.717) is 10.8 Å². The van der Waals surface area contributed by atoms with Crippen molar-refractivity contribution >= 4 is 41.3 Å². The van der Waals surface area contributed by atoms with Gasteiger partial charge in [-0.2, -0.15) is 5.10 Å². The molecule has 0 aliphatic rings. The molecule has 3 aromatic rings. The zero-order valence-corrected chi connectivity index (χ0v) is 15.5. The van der Waals surface area contributed by atoms with E-state index < -0.39 is 6.03 Å². The van der Waals surface area contributed by atoms with Gasteiger partial charge in [-0.3, -0.25) is 0 Å². The third kappa shape index (κ3) is 5.15. The minimum atomic E-state index is -0.419. The molecule has 1 aromatic heterocycles. The SMILES string of the molecule is Cc1ccccc1NC(=O)N/N=C/c1ccc(Sc2ccc(Cl)cc2)o1. The molecular formula is C19H16ClN3O2S. The topological polar surface area (TPSA) is 66.6 Å². The van der Waals surface area contributed by atoms with E-state index >= 15 is 0 Å². The number of carbonyl (C=O) groups excluding carboxylic acids is 1. The molecule has 0 radical (unpaired) electrons. The third-order valence-electron chi connectivity index (χ3n) is 3.39. The monoisotopic (exact) mass is 385 g/mol. The van der Waals surface area contributed by atoms with Gasteiger partial charge in [-0.05, 0) is 55.0 Å². The summed E-state index contributed by atoms with van der Waals surface area (Å²) in [5, 5.41) is 8.03. The van der Waals surface area contributed by atoms with E-state index in [-0.39, 0.29) is 0 Å². The molecule has 132 valence electrons. The predicted octanol–water partition coefficient (Wildman–Crippen LogP) is 5.55. The maximum atomic E-state index is 11.8. The normalized spacial score (nSPS) is 10.8. The minimum absolute atomic E-state index is 0.419. The van der Waals surface area contributed by atoms with Gasteiger partial charge in [-0.15, -0.1) is 0 Å². The molecule has 2 amide bonds. The van der Waals surface area contributed by atoms with E-state index in [4.69, 9.17) is 16.0 Å². The number of para-hydroxylation sites is 1. The molecule has 0 saturated heterocycles. The Kier molecular flexibility index (Phi) is 5.99. The van der Waals surface area contributed by atoms with Gasteiger partial charge in [-0.25, -0.2) is 10.2 Å². The number of amides is 2. The number of nitrogens with zero attached hydrogens (tertiary/aromatic N) is 1. The van der Waals surface area contributed by atoms with Crippen molar-refractivity contribution in [2.24, 2.45) is 5.10 Å². The number of hydrogen-bond acceptors (Lipinski definition) is 4. The number of rotatable bonds is 5. The molecule has 0 unspecified atom stereocenters. The first kappa shape index (κ1) is 18.1. The molecule has 0 spiro atoms. The fraction of sp³-hybridized carbons (Fsp3) is 0.0526. The van der Waals surface area contributed by atoms with E-state index in [1.807, 2.05) is 61.5 Å². The molecule has 0 bridgehead atoms. The number of furan rings is 1. The second-order valence-corrected chi connectivity index (χ2v) is 6.87. The Morgan fingerprint density at radius 1 is 1.12 bits per heavy atom. The van der Waals surface area contributed by atoms with Crippen LogP contribution in [-0.2, 0) is 0 Å². The zero-order chi connectivity index (χ0) is 18.4.